The molecule has 6 aromatic rings. The summed E-state index contributed by atoms with van der Waals surface area (Å²) in [5.74, 6) is -0.333. The number of rotatable bonds is 4. The Morgan fingerprint density at radius 1 is 0.886 bits per heavy atom. The second-order valence-electron chi connectivity index (χ2n) is 7.73. The van der Waals surface area contributed by atoms with Crippen LogP contribution in [0.25, 0.3) is 43.8 Å². The predicted molar refractivity (Wildman–Crippen MR) is 138 cm³/mol. The van der Waals surface area contributed by atoms with E-state index in [0.717, 1.165) is 21.1 Å². The van der Waals surface area contributed by atoms with Gasteiger partial charge in [-0.2, -0.15) is 0 Å². The van der Waals surface area contributed by atoms with Crippen molar-refractivity contribution in [3.63, 3.8) is 0 Å². The van der Waals surface area contributed by atoms with Gasteiger partial charge in [-0.05, 0) is 42.5 Å². The molecule has 0 unspecified atom stereocenters. The van der Waals surface area contributed by atoms with E-state index in [1.54, 1.807) is 30.3 Å². The van der Waals surface area contributed by atoms with Crippen LogP contribution in [0.15, 0.2) is 102 Å². The molecule has 170 valence electrons. The zero-order valence-corrected chi connectivity index (χ0v) is 20.3. The standard InChI is InChI=1S/C27H14BrNO5S/c28-18-7-9-22-17(10-18)12-24(33-22)27(31)32-19-8-6-16-11-20(26(30)34-23(16)13-19)25-29-21(14-35-25)15-4-2-1-3-5-15/h1-14H. The van der Waals surface area contributed by atoms with Gasteiger partial charge in [-0.25, -0.2) is 14.6 Å². The highest BCUT2D eigenvalue weighted by Crippen LogP contribution is 2.30. The Morgan fingerprint density at radius 2 is 1.74 bits per heavy atom. The van der Waals surface area contributed by atoms with Gasteiger partial charge in [-0.15, -0.1) is 11.3 Å². The van der Waals surface area contributed by atoms with Gasteiger partial charge >= 0.3 is 11.6 Å². The molecular weight excluding hydrogens is 530 g/mol. The first-order chi connectivity index (χ1) is 17.0. The minimum Gasteiger partial charge on any atom is -0.449 e. The third kappa shape index (κ3) is 4.18. The lowest BCUT2D eigenvalue weighted by Gasteiger charge is -2.04. The molecule has 0 aliphatic carbocycles. The lowest BCUT2D eigenvalue weighted by Crippen LogP contribution is -2.07. The number of hydrogen-bond acceptors (Lipinski definition) is 7. The Morgan fingerprint density at radius 3 is 2.60 bits per heavy atom. The average molecular weight is 544 g/mol. The number of hydrogen-bond donors (Lipinski definition) is 0. The highest BCUT2D eigenvalue weighted by molar-refractivity contribution is 9.10. The minimum atomic E-state index is -0.646. The van der Waals surface area contributed by atoms with Crippen LogP contribution in [0.5, 0.6) is 5.75 Å². The van der Waals surface area contributed by atoms with Crippen molar-refractivity contribution in [2.24, 2.45) is 0 Å². The monoisotopic (exact) mass is 543 g/mol. The third-order valence-corrected chi connectivity index (χ3v) is 6.77. The number of fused-ring (bicyclic) bond motifs is 2. The number of furan rings is 1. The molecule has 0 aliphatic rings. The summed E-state index contributed by atoms with van der Waals surface area (Å²) in [5.41, 5.74) is 2.52. The van der Waals surface area contributed by atoms with Crippen LogP contribution in [0, 0.1) is 0 Å². The molecule has 3 heterocycles. The molecule has 6 rings (SSSR count). The molecule has 3 aromatic carbocycles. The fourth-order valence-corrected chi connectivity index (χ4v) is 4.93. The number of ether oxygens (including phenoxy) is 1. The molecule has 0 amide bonds. The molecule has 0 spiro atoms. The van der Waals surface area contributed by atoms with Gasteiger partial charge < -0.3 is 13.6 Å². The smallest absolute Gasteiger partial charge is 0.379 e. The minimum absolute atomic E-state index is 0.0768. The van der Waals surface area contributed by atoms with Gasteiger partial charge in [0.1, 0.15) is 21.9 Å². The highest BCUT2D eigenvalue weighted by atomic mass is 79.9. The van der Waals surface area contributed by atoms with Crippen LogP contribution in [0.2, 0.25) is 0 Å². The van der Waals surface area contributed by atoms with E-state index in [-0.39, 0.29) is 11.5 Å². The van der Waals surface area contributed by atoms with Crippen LogP contribution in [0.1, 0.15) is 10.6 Å². The summed E-state index contributed by atoms with van der Waals surface area (Å²) in [4.78, 5) is 29.9. The van der Waals surface area contributed by atoms with Crippen LogP contribution in [-0.4, -0.2) is 11.0 Å². The number of thiazole rings is 1. The van der Waals surface area contributed by atoms with E-state index in [0.29, 0.717) is 27.1 Å². The molecule has 0 aliphatic heterocycles. The van der Waals surface area contributed by atoms with Crippen molar-refractivity contribution in [2.75, 3.05) is 0 Å². The second-order valence-corrected chi connectivity index (χ2v) is 9.51. The maximum Gasteiger partial charge on any atom is 0.379 e. The molecular formula is C27H14BrNO5S. The topological polar surface area (TPSA) is 82.5 Å². The van der Waals surface area contributed by atoms with E-state index < -0.39 is 11.6 Å². The van der Waals surface area contributed by atoms with Crippen molar-refractivity contribution in [3.05, 3.63) is 105 Å². The summed E-state index contributed by atoms with van der Waals surface area (Å²) in [5, 5.41) is 3.95. The zero-order chi connectivity index (χ0) is 23.9. The van der Waals surface area contributed by atoms with Gasteiger partial charge in [0.25, 0.3) is 0 Å². The molecule has 0 radical (unpaired) electrons. The van der Waals surface area contributed by atoms with E-state index >= 15 is 0 Å². The van der Waals surface area contributed by atoms with Crippen LogP contribution in [0.4, 0.5) is 0 Å². The zero-order valence-electron chi connectivity index (χ0n) is 17.9. The van der Waals surface area contributed by atoms with Gasteiger partial charge in [-0.3, -0.25) is 0 Å². The first-order valence-electron chi connectivity index (χ1n) is 10.5. The SMILES string of the molecule is O=C(Oc1ccc2cc(-c3nc(-c4ccccc4)cs3)c(=O)oc2c1)c1cc2cc(Br)ccc2o1. The van der Waals surface area contributed by atoms with Crippen molar-refractivity contribution in [1.82, 2.24) is 4.98 Å². The maximum absolute atomic E-state index is 12.7. The van der Waals surface area contributed by atoms with Gasteiger partial charge in [-0.1, -0.05) is 46.3 Å². The summed E-state index contributed by atoms with van der Waals surface area (Å²) in [6.07, 6.45) is 0. The molecule has 3 aromatic heterocycles. The molecule has 8 heteroatoms. The van der Waals surface area contributed by atoms with Gasteiger partial charge in [0.15, 0.2) is 0 Å². The predicted octanol–water partition coefficient (Wildman–Crippen LogP) is 7.31. The van der Waals surface area contributed by atoms with Crippen LogP contribution in [0.3, 0.4) is 0 Å². The first-order valence-corrected chi connectivity index (χ1v) is 12.2. The van der Waals surface area contributed by atoms with Crippen LogP contribution >= 0.6 is 27.3 Å². The van der Waals surface area contributed by atoms with Crippen molar-refractivity contribution in [3.8, 4) is 27.6 Å². The third-order valence-electron chi connectivity index (χ3n) is 5.40. The fourth-order valence-electron chi connectivity index (χ4n) is 3.72. The summed E-state index contributed by atoms with van der Waals surface area (Å²) in [7, 11) is 0. The number of halogens is 1. The van der Waals surface area contributed by atoms with Crippen molar-refractivity contribution in [2.45, 2.75) is 0 Å². The van der Waals surface area contributed by atoms with Gasteiger partial charge in [0, 0.05) is 32.3 Å². The van der Waals surface area contributed by atoms with Crippen molar-refractivity contribution in [1.29, 1.82) is 0 Å². The quantitative estimate of drug-likeness (QED) is 0.132. The molecule has 6 nitrogen and oxygen atoms in total. The maximum atomic E-state index is 12.7. The highest BCUT2D eigenvalue weighted by Gasteiger charge is 2.17. The Bertz CT molecular complexity index is 1780. The number of esters is 1. The number of carbonyl (C=O) groups is 1. The van der Waals surface area contributed by atoms with E-state index in [4.69, 9.17) is 13.6 Å². The Kier molecular flexibility index (Phi) is 5.32. The summed E-state index contributed by atoms with van der Waals surface area (Å²) in [6, 6.07) is 23.4. The molecule has 0 N–H and O–H groups in total. The number of carbonyl (C=O) groups excluding carboxylic acids is 1. The van der Waals surface area contributed by atoms with Gasteiger partial charge in [0.05, 0.1) is 11.3 Å². The second kappa shape index (κ2) is 8.65. The normalized spacial score (nSPS) is 11.2. The van der Waals surface area contributed by atoms with Crippen LogP contribution < -0.4 is 10.4 Å². The van der Waals surface area contributed by atoms with E-state index in [2.05, 4.69) is 20.9 Å². The molecule has 0 saturated heterocycles. The number of nitrogens with zero attached hydrogens (tertiary/aromatic N) is 1. The summed E-state index contributed by atoms with van der Waals surface area (Å²) >= 11 is 4.77. The van der Waals surface area contributed by atoms with Crippen LogP contribution in [-0.2, 0) is 0 Å². The molecule has 35 heavy (non-hydrogen) atoms. The first kappa shape index (κ1) is 21.5. The summed E-state index contributed by atoms with van der Waals surface area (Å²) in [6.45, 7) is 0. The fraction of sp³-hybridized carbons (Fsp3) is 0. The summed E-state index contributed by atoms with van der Waals surface area (Å²) < 4.78 is 17.5. The van der Waals surface area contributed by atoms with Gasteiger partial charge in [0.2, 0.25) is 5.76 Å². The molecule has 0 saturated carbocycles. The lowest BCUT2D eigenvalue weighted by molar-refractivity contribution is 0.0704. The average Bonchev–Trinajstić information content (AvgIpc) is 3.51. The molecule has 0 atom stereocenters. The van der Waals surface area contributed by atoms with E-state index in [1.165, 1.54) is 17.4 Å². The van der Waals surface area contributed by atoms with E-state index in [9.17, 15) is 9.59 Å². The van der Waals surface area contributed by atoms with Crippen molar-refractivity contribution < 1.29 is 18.4 Å². The Labute approximate surface area is 210 Å². The Balaban J connectivity index is 1.28. The van der Waals surface area contributed by atoms with E-state index in [1.807, 2.05) is 47.8 Å². The molecule has 0 bridgehead atoms. The molecule has 0 fully saturated rings. The number of benzene rings is 3. The Hall–Kier alpha value is -4.01. The number of aromatic nitrogens is 1. The lowest BCUT2D eigenvalue weighted by atomic mass is 10.1. The van der Waals surface area contributed by atoms with Crippen molar-refractivity contribution >= 4 is 55.2 Å². The largest absolute Gasteiger partial charge is 0.449 e.